The Bertz CT molecular complexity index is 526. The molecule has 1 aromatic rings. The third-order valence-electron chi connectivity index (χ3n) is 4.37. The quantitative estimate of drug-likeness (QED) is 0.580. The largest absolute Gasteiger partial charge is 0.235 e. The third-order valence-corrected chi connectivity index (χ3v) is 4.37. The Morgan fingerprint density at radius 2 is 1.78 bits per heavy atom. The lowest BCUT2D eigenvalue weighted by Gasteiger charge is -2.24. The van der Waals surface area contributed by atoms with Crippen LogP contribution in [0.2, 0.25) is 0 Å². The zero-order valence-corrected chi connectivity index (χ0v) is 10.3. The maximum absolute atomic E-state index is 14.3. The Labute approximate surface area is 106 Å². The van der Waals surface area contributed by atoms with Gasteiger partial charge in [-0.25, -0.2) is 9.18 Å². The molecular weight excluding hydrogens is 229 g/mol. The highest BCUT2D eigenvalue weighted by Crippen LogP contribution is 2.44. The summed E-state index contributed by atoms with van der Waals surface area (Å²) in [6.45, 7) is 0. The fraction of sp³-hybridized carbons (Fsp3) is 0.533. The van der Waals surface area contributed by atoms with Gasteiger partial charge in [0.15, 0.2) is 0 Å². The predicted molar refractivity (Wildman–Crippen MR) is 66.7 cm³/mol. The number of aliphatic imine (C=N–C) groups is 1. The number of hydrogen-bond acceptors (Lipinski definition) is 2. The second kappa shape index (κ2) is 4.33. The lowest BCUT2D eigenvalue weighted by Crippen LogP contribution is -2.21. The molecule has 3 heteroatoms. The van der Waals surface area contributed by atoms with Crippen molar-refractivity contribution in [3.05, 3.63) is 34.6 Å². The van der Waals surface area contributed by atoms with E-state index in [-0.39, 0.29) is 5.82 Å². The fourth-order valence-electron chi connectivity index (χ4n) is 3.44. The van der Waals surface area contributed by atoms with Crippen molar-refractivity contribution in [2.45, 2.75) is 50.5 Å². The topological polar surface area (TPSA) is 29.4 Å². The monoisotopic (exact) mass is 245 g/mol. The first-order valence-corrected chi connectivity index (χ1v) is 6.66. The minimum Gasteiger partial charge on any atom is -0.211 e. The molecule has 0 amide bonds. The Kier molecular flexibility index (Phi) is 2.79. The molecule has 2 aliphatic rings. The van der Waals surface area contributed by atoms with E-state index in [1.165, 1.54) is 5.56 Å². The molecule has 1 aromatic carbocycles. The molecule has 0 aromatic heterocycles. The average molecular weight is 245 g/mol. The van der Waals surface area contributed by atoms with Gasteiger partial charge in [0, 0.05) is 5.56 Å². The Morgan fingerprint density at radius 1 is 1.11 bits per heavy atom. The number of hydrogen-bond donors (Lipinski definition) is 0. The number of carbonyl (C=O) groups excluding carboxylic acids is 1. The number of aryl methyl sites for hydroxylation is 2. The maximum Gasteiger partial charge on any atom is 0.235 e. The van der Waals surface area contributed by atoms with Gasteiger partial charge >= 0.3 is 0 Å². The molecule has 0 atom stereocenters. The van der Waals surface area contributed by atoms with Gasteiger partial charge < -0.3 is 0 Å². The summed E-state index contributed by atoms with van der Waals surface area (Å²) in [5, 5.41) is 0. The van der Waals surface area contributed by atoms with Gasteiger partial charge in [0.25, 0.3) is 0 Å². The van der Waals surface area contributed by atoms with E-state index in [1.54, 1.807) is 12.1 Å². The average Bonchev–Trinajstić information content (AvgIpc) is 2.97. The lowest BCUT2D eigenvalue weighted by atomic mass is 9.86. The van der Waals surface area contributed by atoms with Crippen LogP contribution in [0.15, 0.2) is 17.1 Å². The molecule has 1 fully saturated rings. The SMILES string of the molecule is O=C=NC1(c2cc3c(cc2F)CCC3)CCCC1. The van der Waals surface area contributed by atoms with Crippen molar-refractivity contribution in [3.8, 4) is 0 Å². The second-order valence-corrected chi connectivity index (χ2v) is 5.40. The van der Waals surface area contributed by atoms with Crippen molar-refractivity contribution in [1.82, 2.24) is 0 Å². The summed E-state index contributed by atoms with van der Waals surface area (Å²) >= 11 is 0. The Morgan fingerprint density at radius 3 is 2.44 bits per heavy atom. The van der Waals surface area contributed by atoms with Crippen molar-refractivity contribution < 1.29 is 9.18 Å². The van der Waals surface area contributed by atoms with E-state index in [9.17, 15) is 9.18 Å². The molecule has 18 heavy (non-hydrogen) atoms. The van der Waals surface area contributed by atoms with Gasteiger partial charge in [0.05, 0.1) is 0 Å². The lowest BCUT2D eigenvalue weighted by molar-refractivity contribution is 0.430. The van der Waals surface area contributed by atoms with E-state index in [4.69, 9.17) is 0 Å². The highest BCUT2D eigenvalue weighted by molar-refractivity contribution is 5.43. The molecular formula is C15H16FNO. The summed E-state index contributed by atoms with van der Waals surface area (Å²) in [7, 11) is 0. The predicted octanol–water partition coefficient (Wildman–Crippen LogP) is 3.42. The molecule has 0 radical (unpaired) electrons. The van der Waals surface area contributed by atoms with Crippen LogP contribution in [0.5, 0.6) is 0 Å². The number of rotatable bonds is 2. The first kappa shape index (κ1) is 11.6. The summed E-state index contributed by atoms with van der Waals surface area (Å²) in [5.41, 5.74) is 2.34. The highest BCUT2D eigenvalue weighted by atomic mass is 19.1. The normalized spacial score (nSPS) is 20.5. The van der Waals surface area contributed by atoms with Gasteiger partial charge in [0.1, 0.15) is 11.4 Å². The molecule has 2 nitrogen and oxygen atoms in total. The summed E-state index contributed by atoms with van der Waals surface area (Å²) in [4.78, 5) is 14.6. The van der Waals surface area contributed by atoms with Crippen LogP contribution in [0.3, 0.4) is 0 Å². The van der Waals surface area contributed by atoms with E-state index in [2.05, 4.69) is 4.99 Å². The van der Waals surface area contributed by atoms with E-state index in [1.807, 2.05) is 6.07 Å². The first-order valence-electron chi connectivity index (χ1n) is 6.66. The minimum absolute atomic E-state index is 0.198. The number of fused-ring (bicyclic) bond motifs is 1. The van der Waals surface area contributed by atoms with Gasteiger partial charge in [-0.3, -0.25) is 0 Å². The zero-order valence-electron chi connectivity index (χ0n) is 10.3. The van der Waals surface area contributed by atoms with Crippen LogP contribution in [0, 0.1) is 5.82 Å². The van der Waals surface area contributed by atoms with Crippen LogP contribution in [0.4, 0.5) is 4.39 Å². The molecule has 2 aliphatic carbocycles. The van der Waals surface area contributed by atoms with Gasteiger partial charge in [-0.05, 0) is 49.3 Å². The maximum atomic E-state index is 14.3. The molecule has 1 saturated carbocycles. The second-order valence-electron chi connectivity index (χ2n) is 5.40. The van der Waals surface area contributed by atoms with E-state index >= 15 is 0 Å². The number of halogens is 1. The number of benzene rings is 1. The standard InChI is InChI=1S/C15H16FNO/c16-14-9-12-5-3-4-11(12)8-13(14)15(17-10-18)6-1-2-7-15/h8-9H,1-7H2. The van der Waals surface area contributed by atoms with Gasteiger partial charge in [-0.1, -0.05) is 18.9 Å². The van der Waals surface area contributed by atoms with Gasteiger partial charge in [-0.2, -0.15) is 4.99 Å². The number of nitrogens with zero attached hydrogens (tertiary/aromatic N) is 1. The van der Waals surface area contributed by atoms with Crippen LogP contribution in [0.1, 0.15) is 48.8 Å². The van der Waals surface area contributed by atoms with Crippen LogP contribution in [-0.2, 0) is 23.2 Å². The van der Waals surface area contributed by atoms with Crippen molar-refractivity contribution in [1.29, 1.82) is 0 Å². The molecule has 0 unspecified atom stereocenters. The highest BCUT2D eigenvalue weighted by Gasteiger charge is 2.38. The Balaban J connectivity index is 2.12. The van der Waals surface area contributed by atoms with Crippen molar-refractivity contribution in [2.24, 2.45) is 4.99 Å². The molecule has 0 aliphatic heterocycles. The first-order chi connectivity index (χ1) is 8.75. The van der Waals surface area contributed by atoms with Crippen molar-refractivity contribution in [3.63, 3.8) is 0 Å². The molecule has 0 spiro atoms. The summed E-state index contributed by atoms with van der Waals surface area (Å²) in [5.74, 6) is -0.198. The third kappa shape index (κ3) is 1.70. The molecule has 0 heterocycles. The van der Waals surface area contributed by atoms with E-state index < -0.39 is 5.54 Å². The zero-order chi connectivity index (χ0) is 12.6. The summed E-state index contributed by atoms with van der Waals surface area (Å²) < 4.78 is 14.3. The van der Waals surface area contributed by atoms with Gasteiger partial charge in [-0.15, -0.1) is 0 Å². The van der Waals surface area contributed by atoms with Crippen LogP contribution >= 0.6 is 0 Å². The number of isocyanates is 1. The van der Waals surface area contributed by atoms with Crippen LogP contribution in [-0.4, -0.2) is 6.08 Å². The molecule has 3 rings (SSSR count). The van der Waals surface area contributed by atoms with Crippen LogP contribution in [0.25, 0.3) is 0 Å². The van der Waals surface area contributed by atoms with E-state index in [0.29, 0.717) is 5.56 Å². The minimum atomic E-state index is -0.635. The fourth-order valence-corrected chi connectivity index (χ4v) is 3.44. The van der Waals surface area contributed by atoms with Crippen molar-refractivity contribution in [2.75, 3.05) is 0 Å². The molecule has 94 valence electrons. The summed E-state index contributed by atoms with van der Waals surface area (Å²) in [6.07, 6.45) is 8.26. The van der Waals surface area contributed by atoms with Gasteiger partial charge in [0.2, 0.25) is 6.08 Å². The van der Waals surface area contributed by atoms with Crippen molar-refractivity contribution >= 4 is 6.08 Å². The van der Waals surface area contributed by atoms with Crippen LogP contribution < -0.4 is 0 Å². The molecule has 0 saturated heterocycles. The smallest absolute Gasteiger partial charge is 0.211 e. The molecule has 0 N–H and O–H groups in total. The Hall–Kier alpha value is -1.47. The van der Waals surface area contributed by atoms with E-state index in [0.717, 1.165) is 50.5 Å². The summed E-state index contributed by atoms with van der Waals surface area (Å²) in [6, 6.07) is 3.60. The molecule has 0 bridgehead atoms.